The molecule has 0 spiro atoms. The molecule has 1 unspecified atom stereocenters. The molecular weight excluding hydrogens is 364 g/mol. The summed E-state index contributed by atoms with van der Waals surface area (Å²) in [4.78, 5) is 25.4. The molecule has 0 radical (unpaired) electrons. The second kappa shape index (κ2) is 8.31. The molecule has 0 saturated heterocycles. The maximum Gasteiger partial charge on any atom is 0.343 e. The summed E-state index contributed by atoms with van der Waals surface area (Å²) in [6, 6.07) is 18.2. The fourth-order valence-electron chi connectivity index (χ4n) is 3.60. The van der Waals surface area contributed by atoms with Gasteiger partial charge in [0.25, 0.3) is 0 Å². The minimum Gasteiger partial charge on any atom is -0.426 e. The van der Waals surface area contributed by atoms with Crippen molar-refractivity contribution < 1.29 is 19.1 Å². The SMILES string of the molecule is Cc1ccccc1C(=O)Oc1cccc2cccc(OC(=O)C3CC=CCC3)c12. The third-order valence-corrected chi connectivity index (χ3v) is 5.21. The molecule has 0 fully saturated rings. The molecule has 0 bridgehead atoms. The van der Waals surface area contributed by atoms with E-state index >= 15 is 0 Å². The summed E-state index contributed by atoms with van der Waals surface area (Å²) in [6.45, 7) is 1.87. The van der Waals surface area contributed by atoms with Crippen LogP contribution in [0.15, 0.2) is 72.8 Å². The molecule has 0 N–H and O–H groups in total. The molecule has 0 aromatic heterocycles. The highest BCUT2D eigenvalue weighted by molar-refractivity contribution is 5.99. The Balaban J connectivity index is 1.66. The first-order chi connectivity index (χ1) is 14.1. The molecule has 3 aromatic carbocycles. The van der Waals surface area contributed by atoms with Crippen molar-refractivity contribution in [1.82, 2.24) is 0 Å². The van der Waals surface area contributed by atoms with Gasteiger partial charge < -0.3 is 9.47 Å². The molecule has 1 atom stereocenters. The Kier molecular flexibility index (Phi) is 5.43. The number of fused-ring (bicyclic) bond motifs is 1. The molecule has 29 heavy (non-hydrogen) atoms. The van der Waals surface area contributed by atoms with Gasteiger partial charge in [-0.1, -0.05) is 54.6 Å². The predicted octanol–water partition coefficient (Wildman–Crippen LogP) is 5.63. The summed E-state index contributed by atoms with van der Waals surface area (Å²) >= 11 is 0. The standard InChI is InChI=1S/C25H22O4/c1-17-9-5-6-14-20(17)25(27)29-22-16-8-13-18-12-7-15-21(23(18)22)28-24(26)19-10-3-2-4-11-19/h2-3,5-9,12-16,19H,4,10-11H2,1H3. The third-order valence-electron chi connectivity index (χ3n) is 5.21. The zero-order valence-corrected chi connectivity index (χ0v) is 16.3. The molecule has 4 nitrogen and oxygen atoms in total. The number of hydrogen-bond donors (Lipinski definition) is 0. The van der Waals surface area contributed by atoms with Gasteiger partial charge in [0.2, 0.25) is 0 Å². The van der Waals surface area contributed by atoms with Gasteiger partial charge in [-0.2, -0.15) is 0 Å². The van der Waals surface area contributed by atoms with Crippen LogP contribution in [-0.4, -0.2) is 11.9 Å². The summed E-state index contributed by atoms with van der Waals surface area (Å²) in [7, 11) is 0. The smallest absolute Gasteiger partial charge is 0.343 e. The van der Waals surface area contributed by atoms with Gasteiger partial charge in [0.05, 0.1) is 16.9 Å². The highest BCUT2D eigenvalue weighted by atomic mass is 16.5. The molecule has 1 aliphatic carbocycles. The number of allylic oxidation sites excluding steroid dienone is 2. The van der Waals surface area contributed by atoms with Crippen molar-refractivity contribution in [3.63, 3.8) is 0 Å². The number of esters is 2. The molecule has 0 saturated carbocycles. The highest BCUT2D eigenvalue weighted by Crippen LogP contribution is 2.35. The molecular formula is C25H22O4. The topological polar surface area (TPSA) is 52.6 Å². The first kappa shape index (κ1) is 18.9. The first-order valence-electron chi connectivity index (χ1n) is 9.80. The van der Waals surface area contributed by atoms with Crippen LogP contribution in [0.2, 0.25) is 0 Å². The number of ether oxygens (including phenoxy) is 2. The summed E-state index contributed by atoms with van der Waals surface area (Å²) in [5, 5.41) is 1.46. The maximum absolute atomic E-state index is 12.7. The van der Waals surface area contributed by atoms with E-state index in [1.54, 1.807) is 24.3 Å². The number of aryl methyl sites for hydroxylation is 1. The van der Waals surface area contributed by atoms with Crippen LogP contribution in [0.1, 0.15) is 35.2 Å². The number of carbonyl (C=O) groups is 2. The van der Waals surface area contributed by atoms with Gasteiger partial charge in [0, 0.05) is 0 Å². The van der Waals surface area contributed by atoms with E-state index < -0.39 is 5.97 Å². The lowest BCUT2D eigenvalue weighted by Crippen LogP contribution is -2.21. The average Bonchev–Trinajstić information content (AvgIpc) is 2.75. The molecule has 146 valence electrons. The monoisotopic (exact) mass is 386 g/mol. The summed E-state index contributed by atoms with van der Waals surface area (Å²) < 4.78 is 11.5. The van der Waals surface area contributed by atoms with Crippen LogP contribution >= 0.6 is 0 Å². The average molecular weight is 386 g/mol. The van der Waals surface area contributed by atoms with Crippen LogP contribution in [0.25, 0.3) is 10.8 Å². The van der Waals surface area contributed by atoms with Gasteiger partial charge >= 0.3 is 11.9 Å². The minimum atomic E-state index is -0.436. The van der Waals surface area contributed by atoms with Crippen molar-refractivity contribution in [3.8, 4) is 11.5 Å². The van der Waals surface area contributed by atoms with Crippen LogP contribution in [0.3, 0.4) is 0 Å². The van der Waals surface area contributed by atoms with Crippen molar-refractivity contribution in [2.45, 2.75) is 26.2 Å². The summed E-state index contributed by atoms with van der Waals surface area (Å²) in [5.41, 5.74) is 1.35. The Hall–Kier alpha value is -3.40. The number of benzene rings is 3. The van der Waals surface area contributed by atoms with Crippen molar-refractivity contribution >= 4 is 22.7 Å². The van der Waals surface area contributed by atoms with E-state index in [0.717, 1.165) is 23.8 Å². The van der Waals surface area contributed by atoms with Crippen LogP contribution in [0, 0.1) is 12.8 Å². The van der Waals surface area contributed by atoms with Crippen molar-refractivity contribution in [1.29, 1.82) is 0 Å². The highest BCUT2D eigenvalue weighted by Gasteiger charge is 2.23. The van der Waals surface area contributed by atoms with Gasteiger partial charge in [-0.3, -0.25) is 4.79 Å². The second-order valence-electron chi connectivity index (χ2n) is 7.22. The van der Waals surface area contributed by atoms with Crippen LogP contribution < -0.4 is 9.47 Å². The van der Waals surface area contributed by atoms with E-state index in [0.29, 0.717) is 28.9 Å². The maximum atomic E-state index is 12.7. The lowest BCUT2D eigenvalue weighted by Gasteiger charge is -2.18. The molecule has 4 rings (SSSR count). The van der Waals surface area contributed by atoms with E-state index in [2.05, 4.69) is 6.08 Å². The number of hydrogen-bond acceptors (Lipinski definition) is 4. The lowest BCUT2D eigenvalue weighted by atomic mass is 9.95. The predicted molar refractivity (Wildman–Crippen MR) is 112 cm³/mol. The molecule has 0 heterocycles. The number of rotatable bonds is 4. The van der Waals surface area contributed by atoms with Gasteiger partial charge in [-0.05, 0) is 55.3 Å². The van der Waals surface area contributed by atoms with Gasteiger partial charge in [-0.25, -0.2) is 4.79 Å². The zero-order chi connectivity index (χ0) is 20.2. The Bertz CT molecular complexity index is 1090. The second-order valence-corrected chi connectivity index (χ2v) is 7.22. The van der Waals surface area contributed by atoms with E-state index in [-0.39, 0.29) is 11.9 Å². The normalized spacial score (nSPS) is 15.8. The molecule has 3 aromatic rings. The largest absolute Gasteiger partial charge is 0.426 e. The minimum absolute atomic E-state index is 0.142. The Morgan fingerprint density at radius 1 is 0.862 bits per heavy atom. The molecule has 0 amide bonds. The fraction of sp³-hybridized carbons (Fsp3) is 0.200. The van der Waals surface area contributed by atoms with Crippen molar-refractivity contribution in [2.24, 2.45) is 5.92 Å². The summed E-state index contributed by atoms with van der Waals surface area (Å²) in [5.74, 6) is -0.0362. The molecule has 1 aliphatic rings. The van der Waals surface area contributed by atoms with E-state index in [1.807, 2.05) is 49.4 Å². The number of carbonyl (C=O) groups excluding carboxylic acids is 2. The van der Waals surface area contributed by atoms with Gasteiger partial charge in [0.15, 0.2) is 0 Å². The quantitative estimate of drug-likeness (QED) is 0.331. The fourth-order valence-corrected chi connectivity index (χ4v) is 3.60. The molecule has 4 heteroatoms. The van der Waals surface area contributed by atoms with Crippen LogP contribution in [0.4, 0.5) is 0 Å². The molecule has 0 aliphatic heterocycles. The van der Waals surface area contributed by atoms with E-state index in [9.17, 15) is 9.59 Å². The van der Waals surface area contributed by atoms with Gasteiger partial charge in [0.1, 0.15) is 11.5 Å². The summed E-state index contributed by atoms with van der Waals surface area (Å²) in [6.07, 6.45) is 6.47. The zero-order valence-electron chi connectivity index (χ0n) is 16.3. The van der Waals surface area contributed by atoms with Crippen LogP contribution in [-0.2, 0) is 4.79 Å². The van der Waals surface area contributed by atoms with Crippen molar-refractivity contribution in [3.05, 3.63) is 83.9 Å². The third kappa shape index (κ3) is 4.06. The van der Waals surface area contributed by atoms with Crippen molar-refractivity contribution in [2.75, 3.05) is 0 Å². The first-order valence-corrected chi connectivity index (χ1v) is 9.80. The van der Waals surface area contributed by atoms with Crippen LogP contribution in [0.5, 0.6) is 11.5 Å². The Morgan fingerprint density at radius 2 is 1.59 bits per heavy atom. The lowest BCUT2D eigenvalue weighted by molar-refractivity contribution is -0.139. The Morgan fingerprint density at radius 3 is 2.28 bits per heavy atom. The van der Waals surface area contributed by atoms with Gasteiger partial charge in [-0.15, -0.1) is 0 Å². The van der Waals surface area contributed by atoms with E-state index in [1.165, 1.54) is 0 Å². The Labute approximate surface area is 169 Å². The van der Waals surface area contributed by atoms with E-state index in [4.69, 9.17) is 9.47 Å².